The minimum absolute atomic E-state index is 0. The Bertz CT molecular complexity index is 1380. The molecule has 0 aliphatic heterocycles. The maximum absolute atomic E-state index is 11.8. The molecule has 31 heavy (non-hydrogen) atoms. The zero-order valence-electron chi connectivity index (χ0n) is 14.4. The van der Waals surface area contributed by atoms with Crippen LogP contribution < -0.4 is 11.5 Å². The first kappa shape index (κ1) is 27.8. The van der Waals surface area contributed by atoms with E-state index in [0.29, 0.717) is 5.69 Å². The Labute approximate surface area is 221 Å². The third-order valence-electron chi connectivity index (χ3n) is 3.91. The van der Waals surface area contributed by atoms with Crippen LogP contribution in [0.4, 0.5) is 22.7 Å². The summed E-state index contributed by atoms with van der Waals surface area (Å²) in [5.41, 5.74) is 10.8. The van der Waals surface area contributed by atoms with E-state index in [0.717, 1.165) is 12.1 Å². The van der Waals surface area contributed by atoms with Crippen molar-refractivity contribution < 1.29 is 31.0 Å². The van der Waals surface area contributed by atoms with Crippen LogP contribution in [0.5, 0.6) is 5.75 Å². The van der Waals surface area contributed by atoms with Crippen LogP contribution >= 0.6 is 0 Å². The van der Waals surface area contributed by atoms with E-state index in [-0.39, 0.29) is 70.2 Å². The van der Waals surface area contributed by atoms with Crippen molar-refractivity contribution in [3.8, 4) is 5.75 Å². The summed E-state index contributed by atoms with van der Waals surface area (Å²) < 4.78 is 66.0. The number of aromatic hydroxyl groups is 1. The minimum atomic E-state index is -4.98. The van der Waals surface area contributed by atoms with Crippen molar-refractivity contribution in [3.63, 3.8) is 0 Å². The Morgan fingerprint density at radius 1 is 0.774 bits per heavy atom. The molecule has 0 aliphatic rings. The number of phenols is 1. The van der Waals surface area contributed by atoms with Crippen LogP contribution in [-0.4, -0.2) is 90.2 Å². The van der Waals surface area contributed by atoms with Crippen molar-refractivity contribution >= 4 is 113 Å². The first-order valence-electron chi connectivity index (χ1n) is 7.70. The van der Waals surface area contributed by atoms with Gasteiger partial charge in [0, 0.05) is 16.5 Å². The molecular weight excluding hydrogens is 470 g/mol. The summed E-state index contributed by atoms with van der Waals surface area (Å²) in [6, 6.07) is 8.99. The van der Waals surface area contributed by atoms with Gasteiger partial charge in [0.15, 0.2) is 5.75 Å². The van der Waals surface area contributed by atoms with E-state index in [9.17, 15) is 31.0 Å². The topological polar surface area (TPSA) is 206 Å². The first-order valence-corrected chi connectivity index (χ1v) is 10.6. The van der Waals surface area contributed by atoms with Gasteiger partial charge in [-0.15, -0.1) is 5.11 Å². The number of anilines is 2. The van der Waals surface area contributed by atoms with Gasteiger partial charge in [0.05, 0.1) is 11.4 Å². The molecule has 3 aromatic rings. The Kier molecular flexibility index (Phi) is 9.07. The molecule has 0 amide bonds. The number of phenolic OH excluding ortho intramolecular Hbond substituents is 1. The van der Waals surface area contributed by atoms with Gasteiger partial charge in [-0.2, -0.15) is 21.9 Å². The SMILES string of the molecule is Nc1ccc(N=Nc2c(S(=O)(=O)O)cc3c(S(=O)(=O)O)c(N)ccc3c2O)cc1.[NaH].[NaH]. The van der Waals surface area contributed by atoms with E-state index in [1.807, 2.05) is 0 Å². The van der Waals surface area contributed by atoms with Crippen LogP contribution in [0.1, 0.15) is 0 Å². The number of fused-ring (bicyclic) bond motifs is 1. The van der Waals surface area contributed by atoms with Crippen molar-refractivity contribution in [1.29, 1.82) is 0 Å². The normalized spacial score (nSPS) is 11.8. The second-order valence-electron chi connectivity index (χ2n) is 5.89. The Morgan fingerprint density at radius 3 is 1.87 bits per heavy atom. The second-order valence-corrected chi connectivity index (χ2v) is 8.64. The summed E-state index contributed by atoms with van der Waals surface area (Å²) >= 11 is 0. The number of hydrogen-bond acceptors (Lipinski definition) is 9. The number of benzene rings is 3. The van der Waals surface area contributed by atoms with E-state index in [1.165, 1.54) is 30.3 Å². The van der Waals surface area contributed by atoms with Crippen LogP contribution in [0.25, 0.3) is 10.8 Å². The molecule has 7 N–H and O–H groups in total. The Hall–Kier alpha value is -1.26. The van der Waals surface area contributed by atoms with Crippen molar-refractivity contribution in [2.24, 2.45) is 10.2 Å². The fraction of sp³-hybridized carbons (Fsp3) is 0. The Morgan fingerprint density at radius 2 is 1.35 bits per heavy atom. The van der Waals surface area contributed by atoms with E-state index < -0.39 is 52.5 Å². The predicted octanol–water partition coefficient (Wildman–Crippen LogP) is 1.32. The third-order valence-corrected chi connectivity index (χ3v) is 5.75. The molecule has 0 spiro atoms. The van der Waals surface area contributed by atoms with E-state index >= 15 is 0 Å². The maximum atomic E-state index is 11.8. The predicted molar refractivity (Wildman–Crippen MR) is 119 cm³/mol. The molecule has 0 atom stereocenters. The molecule has 0 unspecified atom stereocenters. The molecule has 156 valence electrons. The van der Waals surface area contributed by atoms with Crippen LogP contribution in [0, 0.1) is 0 Å². The summed E-state index contributed by atoms with van der Waals surface area (Å²) in [7, 11) is -9.87. The fourth-order valence-corrected chi connectivity index (χ4v) is 4.10. The molecule has 3 aromatic carbocycles. The summed E-state index contributed by atoms with van der Waals surface area (Å²) in [6.07, 6.45) is 0. The number of nitrogens with two attached hydrogens (primary N) is 2. The summed E-state index contributed by atoms with van der Waals surface area (Å²) in [4.78, 5) is -1.76. The van der Waals surface area contributed by atoms with Gasteiger partial charge in [-0.3, -0.25) is 9.11 Å². The van der Waals surface area contributed by atoms with Gasteiger partial charge in [0.25, 0.3) is 20.2 Å². The number of rotatable bonds is 4. The molecule has 3 rings (SSSR count). The van der Waals surface area contributed by atoms with Crippen molar-refractivity contribution in [3.05, 3.63) is 42.5 Å². The van der Waals surface area contributed by atoms with Gasteiger partial charge >= 0.3 is 59.1 Å². The molecule has 11 nitrogen and oxygen atoms in total. The summed E-state index contributed by atoms with van der Waals surface area (Å²) in [5, 5.41) is 17.4. The zero-order chi connectivity index (χ0) is 21.6. The van der Waals surface area contributed by atoms with Crippen molar-refractivity contribution in [2.75, 3.05) is 11.5 Å². The number of nitrogens with zero attached hydrogens (tertiary/aromatic N) is 2. The molecule has 0 saturated heterocycles. The van der Waals surface area contributed by atoms with Crippen LogP contribution in [-0.2, 0) is 20.2 Å². The van der Waals surface area contributed by atoms with Crippen LogP contribution in [0.2, 0.25) is 0 Å². The average molecular weight is 486 g/mol. The fourth-order valence-electron chi connectivity index (χ4n) is 2.64. The molecule has 0 heterocycles. The molecule has 15 heteroatoms. The number of hydrogen-bond donors (Lipinski definition) is 5. The standard InChI is InChI=1S/C16H14N4O7S2.2Na.2H/c17-8-1-3-9(4-2-8)19-20-14-13(28(22,23)24)7-11-10(15(14)21)5-6-12(18)16(11)29(25,26)27;;;;/h1-7,21H,17-18H2,(H,22,23,24)(H,25,26,27);;;;. The quantitative estimate of drug-likeness (QED) is 0.156. The van der Waals surface area contributed by atoms with Gasteiger partial charge in [0.1, 0.15) is 15.5 Å². The number of nitrogen functional groups attached to an aromatic ring is 2. The van der Waals surface area contributed by atoms with Gasteiger partial charge in [-0.05, 0) is 42.5 Å². The molecule has 0 saturated carbocycles. The van der Waals surface area contributed by atoms with E-state index in [1.54, 1.807) is 0 Å². The monoisotopic (exact) mass is 486 g/mol. The van der Waals surface area contributed by atoms with Crippen LogP contribution in [0.15, 0.2) is 62.5 Å². The molecule has 0 radical (unpaired) electrons. The Balaban J connectivity index is 0.00000240. The van der Waals surface area contributed by atoms with Crippen LogP contribution in [0.3, 0.4) is 0 Å². The summed E-state index contributed by atoms with van der Waals surface area (Å²) in [6.45, 7) is 0. The average Bonchev–Trinajstić information content (AvgIpc) is 2.60. The molecule has 0 aromatic heterocycles. The first-order chi connectivity index (χ1) is 13.4. The molecule has 0 fully saturated rings. The van der Waals surface area contributed by atoms with E-state index in [2.05, 4.69) is 10.2 Å². The van der Waals surface area contributed by atoms with Gasteiger partial charge in [-0.1, -0.05) is 0 Å². The molecule has 0 aliphatic carbocycles. The second kappa shape index (κ2) is 10.1. The third kappa shape index (κ3) is 5.96. The van der Waals surface area contributed by atoms with Crippen molar-refractivity contribution in [1.82, 2.24) is 0 Å². The molecule has 0 bridgehead atoms. The van der Waals surface area contributed by atoms with Gasteiger partial charge in [0.2, 0.25) is 0 Å². The summed E-state index contributed by atoms with van der Waals surface area (Å²) in [5.74, 6) is -0.792. The van der Waals surface area contributed by atoms with Gasteiger partial charge < -0.3 is 16.6 Å². The van der Waals surface area contributed by atoms with E-state index in [4.69, 9.17) is 11.5 Å². The van der Waals surface area contributed by atoms with Crippen molar-refractivity contribution in [2.45, 2.75) is 9.79 Å². The number of azo groups is 1. The van der Waals surface area contributed by atoms with Gasteiger partial charge in [-0.25, -0.2) is 0 Å². The molecular formula is C16H16N4Na2O7S2. The zero-order valence-corrected chi connectivity index (χ0v) is 16.0.